The van der Waals surface area contributed by atoms with E-state index in [-0.39, 0.29) is 11.0 Å². The number of hydrogen-bond acceptors (Lipinski definition) is 5. The van der Waals surface area contributed by atoms with Crippen molar-refractivity contribution in [2.75, 3.05) is 12.4 Å². The maximum atomic E-state index is 11.7. The molecule has 0 bridgehead atoms. The quantitative estimate of drug-likeness (QED) is 0.848. The molecule has 0 aliphatic heterocycles. The molecule has 0 atom stereocenters. The Morgan fingerprint density at radius 3 is 2.47 bits per heavy atom. The molecule has 1 heterocycles. The van der Waals surface area contributed by atoms with Crippen LogP contribution in [-0.4, -0.2) is 28.6 Å². The van der Waals surface area contributed by atoms with Crippen LogP contribution in [0.3, 0.4) is 0 Å². The highest BCUT2D eigenvalue weighted by molar-refractivity contribution is 5.94. The van der Waals surface area contributed by atoms with Gasteiger partial charge in [-0.2, -0.15) is 0 Å². The summed E-state index contributed by atoms with van der Waals surface area (Å²) < 4.78 is 4.73. The summed E-state index contributed by atoms with van der Waals surface area (Å²) in [5, 5.41) is 3.31. The standard InChI is InChI=1S/C14H23N3O2/c1-13(2,3)8-14(4,5)17-11-10(12(18)19-6)7-15-9-16-11/h7,9H,8H2,1-6H3,(H,15,16,17). The van der Waals surface area contributed by atoms with Crippen LogP contribution in [0.25, 0.3) is 0 Å². The molecule has 106 valence electrons. The number of methoxy groups -OCH3 is 1. The Morgan fingerprint density at radius 2 is 1.95 bits per heavy atom. The molecule has 0 radical (unpaired) electrons. The second kappa shape index (κ2) is 5.55. The number of nitrogens with zero attached hydrogens (tertiary/aromatic N) is 2. The average Bonchev–Trinajstić information content (AvgIpc) is 2.24. The zero-order valence-corrected chi connectivity index (χ0v) is 12.6. The van der Waals surface area contributed by atoms with Crippen LogP contribution < -0.4 is 5.32 Å². The topological polar surface area (TPSA) is 64.1 Å². The molecule has 5 heteroatoms. The third-order valence-electron chi connectivity index (χ3n) is 2.55. The van der Waals surface area contributed by atoms with Gasteiger partial charge in [-0.25, -0.2) is 14.8 Å². The molecular weight excluding hydrogens is 242 g/mol. The molecule has 5 nitrogen and oxygen atoms in total. The smallest absolute Gasteiger partial charge is 0.343 e. The van der Waals surface area contributed by atoms with E-state index in [1.54, 1.807) is 0 Å². The van der Waals surface area contributed by atoms with Gasteiger partial charge < -0.3 is 10.1 Å². The predicted octanol–water partition coefficient (Wildman–Crippen LogP) is 2.89. The fraction of sp³-hybridized carbons (Fsp3) is 0.643. The summed E-state index contributed by atoms with van der Waals surface area (Å²) in [5.74, 6) is 0.0748. The monoisotopic (exact) mass is 265 g/mol. The van der Waals surface area contributed by atoms with Crippen LogP contribution in [-0.2, 0) is 4.74 Å². The summed E-state index contributed by atoms with van der Waals surface area (Å²) in [6, 6.07) is 0. The van der Waals surface area contributed by atoms with Crippen LogP contribution in [0.4, 0.5) is 5.82 Å². The van der Waals surface area contributed by atoms with Gasteiger partial charge in [-0.15, -0.1) is 0 Å². The first kappa shape index (κ1) is 15.4. The molecule has 1 rings (SSSR count). The fourth-order valence-electron chi connectivity index (χ4n) is 2.38. The van der Waals surface area contributed by atoms with Crippen molar-refractivity contribution in [3.63, 3.8) is 0 Å². The van der Waals surface area contributed by atoms with Crippen LogP contribution in [0.1, 0.15) is 51.4 Å². The molecule has 0 unspecified atom stereocenters. The van der Waals surface area contributed by atoms with Gasteiger partial charge in [0, 0.05) is 11.7 Å². The lowest BCUT2D eigenvalue weighted by Gasteiger charge is -2.34. The summed E-state index contributed by atoms with van der Waals surface area (Å²) in [6.07, 6.45) is 3.82. The highest BCUT2D eigenvalue weighted by atomic mass is 16.5. The highest BCUT2D eigenvalue weighted by Crippen LogP contribution is 2.29. The Morgan fingerprint density at radius 1 is 1.32 bits per heavy atom. The third kappa shape index (κ3) is 4.85. The molecule has 0 saturated carbocycles. The van der Waals surface area contributed by atoms with Gasteiger partial charge in [0.25, 0.3) is 0 Å². The van der Waals surface area contributed by atoms with Crippen molar-refractivity contribution < 1.29 is 9.53 Å². The summed E-state index contributed by atoms with van der Waals surface area (Å²) in [7, 11) is 1.35. The van der Waals surface area contributed by atoms with Crippen LogP contribution in [0, 0.1) is 5.41 Å². The van der Waals surface area contributed by atoms with Gasteiger partial charge in [-0.1, -0.05) is 20.8 Å². The first-order valence-electron chi connectivity index (χ1n) is 6.31. The number of aromatic nitrogens is 2. The predicted molar refractivity (Wildman–Crippen MR) is 75.1 cm³/mol. The largest absolute Gasteiger partial charge is 0.465 e. The second-order valence-corrected chi connectivity index (χ2v) is 6.52. The van der Waals surface area contributed by atoms with E-state index in [4.69, 9.17) is 4.74 Å². The minimum atomic E-state index is -0.436. The minimum absolute atomic E-state index is 0.176. The number of hydrogen-bond donors (Lipinski definition) is 1. The lowest BCUT2D eigenvalue weighted by molar-refractivity contribution is 0.0601. The molecule has 0 aromatic carbocycles. The Hall–Kier alpha value is -1.65. The lowest BCUT2D eigenvalue weighted by atomic mass is 9.82. The molecule has 19 heavy (non-hydrogen) atoms. The van der Waals surface area contributed by atoms with Crippen LogP contribution in [0.2, 0.25) is 0 Å². The number of nitrogens with one attached hydrogen (secondary N) is 1. The normalized spacial score (nSPS) is 12.1. The van der Waals surface area contributed by atoms with Crippen molar-refractivity contribution in [2.45, 2.75) is 46.6 Å². The lowest BCUT2D eigenvalue weighted by Crippen LogP contribution is -2.36. The van der Waals surface area contributed by atoms with Crippen molar-refractivity contribution >= 4 is 11.8 Å². The SMILES string of the molecule is COC(=O)c1cncnc1NC(C)(C)CC(C)(C)C. The van der Waals surface area contributed by atoms with Crippen molar-refractivity contribution in [3.8, 4) is 0 Å². The molecule has 0 aliphatic carbocycles. The van der Waals surface area contributed by atoms with Crippen LogP contribution in [0.5, 0.6) is 0 Å². The first-order valence-corrected chi connectivity index (χ1v) is 6.31. The fourth-order valence-corrected chi connectivity index (χ4v) is 2.38. The summed E-state index contributed by atoms with van der Waals surface area (Å²) in [5.41, 5.74) is 0.344. The van der Waals surface area contributed by atoms with Crippen LogP contribution >= 0.6 is 0 Å². The van der Waals surface area contributed by atoms with E-state index in [0.29, 0.717) is 11.4 Å². The van der Waals surface area contributed by atoms with Crippen molar-refractivity contribution in [1.29, 1.82) is 0 Å². The maximum absolute atomic E-state index is 11.7. The van der Waals surface area contributed by atoms with Gasteiger partial charge in [0.15, 0.2) is 0 Å². The maximum Gasteiger partial charge on any atom is 0.343 e. The number of ether oxygens (including phenoxy) is 1. The van der Waals surface area contributed by atoms with E-state index in [9.17, 15) is 4.79 Å². The van der Waals surface area contributed by atoms with Gasteiger partial charge in [-0.3, -0.25) is 0 Å². The van der Waals surface area contributed by atoms with E-state index in [0.717, 1.165) is 6.42 Å². The van der Waals surface area contributed by atoms with Crippen molar-refractivity contribution in [2.24, 2.45) is 5.41 Å². The highest BCUT2D eigenvalue weighted by Gasteiger charge is 2.27. The van der Waals surface area contributed by atoms with Gasteiger partial charge in [-0.05, 0) is 25.7 Å². The van der Waals surface area contributed by atoms with E-state index >= 15 is 0 Å². The van der Waals surface area contributed by atoms with E-state index in [2.05, 4.69) is 49.9 Å². The zero-order chi connectivity index (χ0) is 14.7. The molecule has 0 fully saturated rings. The molecule has 0 spiro atoms. The molecule has 0 aliphatic rings. The summed E-state index contributed by atoms with van der Waals surface area (Å²) in [4.78, 5) is 19.7. The number of rotatable bonds is 4. The van der Waals surface area contributed by atoms with Gasteiger partial charge in [0.2, 0.25) is 0 Å². The molecule has 1 aromatic rings. The minimum Gasteiger partial charge on any atom is -0.465 e. The van der Waals surface area contributed by atoms with Gasteiger partial charge >= 0.3 is 5.97 Å². The number of esters is 1. The van der Waals surface area contributed by atoms with E-state index < -0.39 is 5.97 Å². The van der Waals surface area contributed by atoms with Crippen molar-refractivity contribution in [3.05, 3.63) is 18.1 Å². The second-order valence-electron chi connectivity index (χ2n) is 6.52. The van der Waals surface area contributed by atoms with Crippen LogP contribution in [0.15, 0.2) is 12.5 Å². The number of carbonyl (C=O) groups is 1. The zero-order valence-electron chi connectivity index (χ0n) is 12.6. The van der Waals surface area contributed by atoms with Gasteiger partial charge in [0.1, 0.15) is 17.7 Å². The molecule has 0 saturated heterocycles. The average molecular weight is 265 g/mol. The Kier molecular flexibility index (Phi) is 4.50. The van der Waals surface area contributed by atoms with E-state index in [1.165, 1.54) is 19.6 Å². The number of carbonyl (C=O) groups excluding carboxylic acids is 1. The first-order chi connectivity index (χ1) is 8.64. The molecule has 0 amide bonds. The van der Waals surface area contributed by atoms with Gasteiger partial charge in [0.05, 0.1) is 7.11 Å². The Balaban J connectivity index is 2.96. The van der Waals surface area contributed by atoms with E-state index in [1.807, 2.05) is 0 Å². The summed E-state index contributed by atoms with van der Waals surface area (Å²) >= 11 is 0. The molecule has 1 aromatic heterocycles. The summed E-state index contributed by atoms with van der Waals surface area (Å²) in [6.45, 7) is 10.7. The number of anilines is 1. The Bertz CT molecular complexity index is 450. The Labute approximate surface area is 114 Å². The third-order valence-corrected chi connectivity index (χ3v) is 2.55. The molecular formula is C14H23N3O2. The molecule has 1 N–H and O–H groups in total. The van der Waals surface area contributed by atoms with Crippen molar-refractivity contribution in [1.82, 2.24) is 9.97 Å².